The Kier molecular flexibility index (Phi) is 11.9. The van der Waals surface area contributed by atoms with Gasteiger partial charge in [0.25, 0.3) is 0 Å². The van der Waals surface area contributed by atoms with Gasteiger partial charge in [0.05, 0.1) is 0 Å². The zero-order chi connectivity index (χ0) is 35.0. The van der Waals surface area contributed by atoms with Gasteiger partial charge in [-0.05, 0) is 11.1 Å². The molecule has 3 heteroatoms. The Labute approximate surface area is 311 Å². The van der Waals surface area contributed by atoms with Crippen LogP contribution in [0.3, 0.4) is 0 Å². The van der Waals surface area contributed by atoms with Gasteiger partial charge < -0.3 is 0 Å². The third-order valence-corrected chi connectivity index (χ3v) is 13.4. The van der Waals surface area contributed by atoms with Gasteiger partial charge in [0, 0.05) is 0 Å². The molecule has 0 heterocycles. The molecule has 0 amide bonds. The van der Waals surface area contributed by atoms with Gasteiger partial charge in [0.1, 0.15) is 0 Å². The van der Waals surface area contributed by atoms with Gasteiger partial charge in [0.15, 0.2) is 0 Å². The van der Waals surface area contributed by atoms with Crippen LogP contribution in [0.2, 0.25) is 0 Å². The molecule has 0 fully saturated rings. The fraction of sp³-hybridized carbons (Fsp3) is 0.0851. The number of benzene rings is 6. The summed E-state index contributed by atoms with van der Waals surface area (Å²) < 4.78 is 1.15. The van der Waals surface area contributed by atoms with Gasteiger partial charge in [-0.3, -0.25) is 0 Å². The summed E-state index contributed by atoms with van der Waals surface area (Å²) in [6.45, 7) is 8.45. The first-order valence-electron chi connectivity index (χ1n) is 16.9. The molecular formula is C47H40Cl2Zr-2. The van der Waals surface area contributed by atoms with Crippen molar-refractivity contribution in [3.8, 4) is 22.3 Å². The number of halogens is 2. The van der Waals surface area contributed by atoms with E-state index >= 15 is 0 Å². The molecule has 0 N–H and O–H groups in total. The molecule has 0 radical (unpaired) electrons. The van der Waals surface area contributed by atoms with Crippen molar-refractivity contribution in [2.24, 2.45) is 0 Å². The van der Waals surface area contributed by atoms with Crippen LogP contribution in [0.25, 0.3) is 43.8 Å². The second-order valence-electron chi connectivity index (χ2n) is 12.8. The van der Waals surface area contributed by atoms with Crippen LogP contribution in [-0.2, 0) is 18.9 Å². The molecule has 0 saturated carbocycles. The van der Waals surface area contributed by atoms with Crippen molar-refractivity contribution in [3.05, 3.63) is 203 Å². The molecule has 8 aromatic carbocycles. The Hall–Kier alpha value is -4.13. The molecule has 0 nitrogen and oxygen atoms in total. The van der Waals surface area contributed by atoms with E-state index < -0.39 is 18.9 Å². The monoisotopic (exact) mass is 764 g/mol. The number of hydrogen-bond acceptors (Lipinski definition) is 0. The van der Waals surface area contributed by atoms with Gasteiger partial charge in [-0.2, -0.15) is 12.1 Å². The number of rotatable bonds is 4. The van der Waals surface area contributed by atoms with Crippen LogP contribution >= 0.6 is 17.0 Å². The summed E-state index contributed by atoms with van der Waals surface area (Å²) in [7, 11) is 12.6. The number of aryl methyl sites for hydroxylation is 4. The van der Waals surface area contributed by atoms with E-state index in [1.807, 2.05) is 0 Å². The number of fused-ring (bicyclic) bond motifs is 2. The van der Waals surface area contributed by atoms with Crippen molar-refractivity contribution in [2.45, 2.75) is 27.7 Å². The first-order chi connectivity index (χ1) is 24.3. The zero-order valence-electron chi connectivity index (χ0n) is 28.9. The molecule has 248 valence electrons. The molecular weight excluding hydrogens is 727 g/mol. The predicted molar refractivity (Wildman–Crippen MR) is 217 cm³/mol. The molecule has 0 bridgehead atoms. The maximum atomic E-state index is 6.32. The summed E-state index contributed by atoms with van der Waals surface area (Å²) in [5, 5.41) is 5.37. The van der Waals surface area contributed by atoms with Crippen LogP contribution in [0.1, 0.15) is 33.4 Å². The van der Waals surface area contributed by atoms with Gasteiger partial charge >= 0.3 is 124 Å². The summed E-state index contributed by atoms with van der Waals surface area (Å²) in [5.41, 5.74) is 12.7. The average Bonchev–Trinajstić information content (AvgIpc) is 3.72. The predicted octanol–water partition coefficient (Wildman–Crippen LogP) is 13.9. The van der Waals surface area contributed by atoms with Crippen LogP contribution in [0.4, 0.5) is 0 Å². The van der Waals surface area contributed by atoms with Gasteiger partial charge in [-0.1, -0.05) is 97.8 Å². The third kappa shape index (κ3) is 8.77. The molecule has 0 aromatic heterocycles. The van der Waals surface area contributed by atoms with E-state index in [9.17, 15) is 0 Å². The van der Waals surface area contributed by atoms with Gasteiger partial charge in [-0.15, -0.1) is 69.1 Å². The van der Waals surface area contributed by atoms with Gasteiger partial charge in [0.2, 0.25) is 0 Å². The van der Waals surface area contributed by atoms with Crippen LogP contribution in [0, 0.1) is 27.7 Å². The molecule has 8 aromatic rings. The maximum absolute atomic E-state index is 6.32. The minimum absolute atomic E-state index is 1.15. The Morgan fingerprint density at radius 3 is 1.18 bits per heavy atom. The zero-order valence-corrected chi connectivity index (χ0v) is 32.9. The van der Waals surface area contributed by atoms with Gasteiger partial charge in [-0.25, -0.2) is 0 Å². The Morgan fingerprint density at radius 2 is 0.820 bits per heavy atom. The molecule has 0 atom stereocenters. The molecule has 50 heavy (non-hydrogen) atoms. The van der Waals surface area contributed by atoms with E-state index in [1.54, 1.807) is 0 Å². The first-order valence-corrected chi connectivity index (χ1v) is 24.4. The first kappa shape index (κ1) is 35.7. The van der Waals surface area contributed by atoms with Crippen molar-refractivity contribution in [3.63, 3.8) is 0 Å². The summed E-state index contributed by atoms with van der Waals surface area (Å²) in [5.74, 6) is 0. The summed E-state index contributed by atoms with van der Waals surface area (Å²) in [6, 6.07) is 59.9. The van der Waals surface area contributed by atoms with Crippen molar-refractivity contribution < 1.29 is 18.9 Å². The summed E-state index contributed by atoms with van der Waals surface area (Å²) in [4.78, 5) is 0. The molecule has 0 aliphatic heterocycles. The topological polar surface area (TPSA) is 0 Å². The van der Waals surface area contributed by atoms with E-state index in [4.69, 9.17) is 17.0 Å². The van der Waals surface area contributed by atoms with E-state index in [-0.39, 0.29) is 0 Å². The van der Waals surface area contributed by atoms with Crippen LogP contribution in [-0.4, -0.2) is 3.21 Å². The summed E-state index contributed by atoms with van der Waals surface area (Å²) >= 11 is -2.48. The van der Waals surface area contributed by atoms with Crippen molar-refractivity contribution in [2.75, 3.05) is 0 Å². The van der Waals surface area contributed by atoms with Crippen LogP contribution in [0.5, 0.6) is 0 Å². The molecule has 0 spiro atoms. The van der Waals surface area contributed by atoms with Crippen molar-refractivity contribution in [1.29, 1.82) is 0 Å². The third-order valence-electron chi connectivity index (χ3n) is 8.83. The standard InChI is InChI=1S/2C16H13.C15H14.2ClH.Zr/c2*1-12-10-14-8-5-9-15(16(14)11-12)13-6-3-2-4-7-13;1-12-3-7-14(8-4-12)11-15-9-5-13(2)6-10-15;;;/h2*2-11H,1H3;3-10H,1-2H3;2*1H;/q2*-1;;;;+2/p-2. The van der Waals surface area contributed by atoms with Crippen molar-refractivity contribution >= 4 is 41.8 Å². The van der Waals surface area contributed by atoms with Crippen LogP contribution in [0.15, 0.2) is 170 Å². The fourth-order valence-electron chi connectivity index (χ4n) is 6.33. The minimum atomic E-state index is -2.48. The average molecular weight is 767 g/mol. The Morgan fingerprint density at radius 1 is 0.440 bits per heavy atom. The van der Waals surface area contributed by atoms with E-state index in [1.165, 1.54) is 66.1 Å². The molecule has 0 unspecified atom stereocenters. The number of hydrogen-bond donors (Lipinski definition) is 0. The molecule has 0 saturated heterocycles. The SMILES string of the molecule is Cc1cc2c(-c3ccccc3)cccc2[cH-]1.Cc1cc2c(-c3ccccc3)cccc2[cH-]1.Cc1ccc([C](c2ccc(C)cc2)=[Zr]([Cl])[Cl])cc1. The van der Waals surface area contributed by atoms with E-state index in [0.29, 0.717) is 0 Å². The quantitative estimate of drug-likeness (QED) is 0.157. The second-order valence-corrected chi connectivity index (χ2v) is 20.9. The second kappa shape index (κ2) is 16.7. The molecule has 0 aliphatic rings. The molecule has 8 rings (SSSR count). The Bertz CT molecular complexity index is 2170. The van der Waals surface area contributed by atoms with E-state index in [2.05, 4.69) is 198 Å². The normalized spacial score (nSPS) is 10.6. The Balaban J connectivity index is 0.000000130. The summed E-state index contributed by atoms with van der Waals surface area (Å²) in [6.07, 6.45) is 0. The van der Waals surface area contributed by atoms with E-state index in [0.717, 1.165) is 14.3 Å². The van der Waals surface area contributed by atoms with Crippen molar-refractivity contribution in [1.82, 2.24) is 0 Å². The molecule has 0 aliphatic carbocycles. The fourth-order valence-corrected chi connectivity index (χ4v) is 10.8. The van der Waals surface area contributed by atoms with Crippen LogP contribution < -0.4 is 0 Å².